The lowest BCUT2D eigenvalue weighted by molar-refractivity contribution is -0.00913. The van der Waals surface area contributed by atoms with Gasteiger partial charge in [-0.15, -0.1) is 11.3 Å². The third-order valence-corrected chi connectivity index (χ3v) is 10.3. The summed E-state index contributed by atoms with van der Waals surface area (Å²) < 4.78 is 0.644. The Labute approximate surface area is 221 Å². The first-order valence-corrected chi connectivity index (χ1v) is 15.0. The molecular formula is C28H36IN3OS. The van der Waals surface area contributed by atoms with E-state index in [0.717, 1.165) is 42.8 Å². The third kappa shape index (κ3) is 4.96. The second kappa shape index (κ2) is 10.3. The van der Waals surface area contributed by atoms with Crippen LogP contribution in [0.25, 0.3) is 10.4 Å². The zero-order valence-electron chi connectivity index (χ0n) is 20.3. The molecule has 6 heteroatoms. The first kappa shape index (κ1) is 24.3. The fourth-order valence-corrected chi connectivity index (χ4v) is 7.96. The molecule has 1 saturated heterocycles. The molecule has 1 saturated carbocycles. The number of piperidine rings is 1. The summed E-state index contributed by atoms with van der Waals surface area (Å²) in [7, 11) is 0. The number of amides is 2. The molecule has 2 unspecified atom stereocenters. The highest BCUT2D eigenvalue weighted by atomic mass is 127. The molecule has 1 aromatic heterocycles. The monoisotopic (exact) mass is 589 g/mol. The molecule has 34 heavy (non-hydrogen) atoms. The lowest BCUT2D eigenvalue weighted by atomic mass is 9.48. The zero-order chi connectivity index (χ0) is 23.7. The molecule has 0 radical (unpaired) electrons. The number of benzene rings is 1. The van der Waals surface area contributed by atoms with Crippen LogP contribution in [0.2, 0.25) is 0 Å². The predicted molar refractivity (Wildman–Crippen MR) is 152 cm³/mol. The van der Waals surface area contributed by atoms with E-state index < -0.39 is 0 Å². The number of nitrogens with zero attached hydrogens (tertiary/aromatic N) is 2. The first-order valence-electron chi connectivity index (χ1n) is 12.7. The molecule has 4 aliphatic rings. The van der Waals surface area contributed by atoms with Gasteiger partial charge in [0.1, 0.15) is 5.00 Å². The molecule has 2 atom stereocenters. The van der Waals surface area contributed by atoms with Crippen molar-refractivity contribution in [1.82, 2.24) is 10.2 Å². The van der Waals surface area contributed by atoms with Gasteiger partial charge in [-0.2, -0.15) is 0 Å². The number of halogens is 1. The molecular weight excluding hydrogens is 553 g/mol. The maximum Gasteiger partial charge on any atom is 0.323 e. The van der Waals surface area contributed by atoms with Crippen molar-refractivity contribution in [2.75, 3.05) is 29.1 Å². The molecule has 2 amide bonds. The van der Waals surface area contributed by atoms with Gasteiger partial charge in [-0.25, -0.2) is 4.79 Å². The van der Waals surface area contributed by atoms with Crippen molar-refractivity contribution in [2.24, 2.45) is 17.3 Å². The number of anilines is 1. The highest BCUT2D eigenvalue weighted by molar-refractivity contribution is 14.1. The van der Waals surface area contributed by atoms with Crippen LogP contribution in [0.4, 0.5) is 9.80 Å². The lowest BCUT2D eigenvalue weighted by Crippen LogP contribution is -2.50. The van der Waals surface area contributed by atoms with Crippen molar-refractivity contribution in [3.05, 3.63) is 54.1 Å². The molecule has 2 aromatic rings. The quantitative estimate of drug-likeness (QED) is 0.161. The number of allylic oxidation sites excluding steroid dienone is 1. The molecule has 1 N–H and O–H groups in total. The highest BCUT2D eigenvalue weighted by Crippen LogP contribution is 2.59. The number of hydrogen-bond acceptors (Lipinski definition) is 3. The van der Waals surface area contributed by atoms with Crippen LogP contribution in [0.3, 0.4) is 0 Å². The zero-order valence-corrected chi connectivity index (χ0v) is 23.3. The minimum Gasteiger partial charge on any atom is -0.335 e. The number of thiophene rings is 1. The number of nitrogens with one attached hydrogen (secondary N) is 1. The van der Waals surface area contributed by atoms with Crippen molar-refractivity contribution in [3.63, 3.8) is 0 Å². The Morgan fingerprint density at radius 2 is 1.94 bits per heavy atom. The Hall–Kier alpha value is -1.38. The van der Waals surface area contributed by atoms with E-state index in [4.69, 9.17) is 0 Å². The fraction of sp³-hybridized carbons (Fsp3) is 0.536. The summed E-state index contributed by atoms with van der Waals surface area (Å²) in [6, 6.07) is 14.9. The standard InChI is InChI=1S/C28H36IN3OS/c1-28(2)22-9-8-20(24(28)18-22)12-15-31-16-13-23(14-17-31)30-27(33)32(19-29)26-11-10-25(34-26)21-6-4-3-5-7-21/h3-8,10-11,22-24H,9,12-19H2,1-2H3,(H,30,33). The van der Waals surface area contributed by atoms with Gasteiger partial charge < -0.3 is 10.2 Å². The van der Waals surface area contributed by atoms with E-state index in [1.165, 1.54) is 36.2 Å². The SMILES string of the molecule is CC1(C)C2CC=C(CCN3CCC(NC(=O)N(CI)c4ccc(-c5ccccc5)s4)CC3)C1C2. The number of hydrogen-bond donors (Lipinski definition) is 1. The minimum atomic E-state index is 0.0310. The maximum absolute atomic E-state index is 13.1. The molecule has 1 aromatic carbocycles. The van der Waals surface area contributed by atoms with Gasteiger partial charge in [0.2, 0.25) is 0 Å². The van der Waals surface area contributed by atoms with Gasteiger partial charge in [-0.05, 0) is 67.1 Å². The molecule has 2 heterocycles. The number of carbonyl (C=O) groups excluding carboxylic acids is 1. The summed E-state index contributed by atoms with van der Waals surface area (Å²) in [4.78, 5) is 18.8. The van der Waals surface area contributed by atoms with Crippen molar-refractivity contribution in [1.29, 1.82) is 0 Å². The van der Waals surface area contributed by atoms with Gasteiger partial charge in [0, 0.05) is 30.6 Å². The van der Waals surface area contributed by atoms with E-state index in [9.17, 15) is 4.79 Å². The fourth-order valence-electron chi connectivity index (χ4n) is 6.04. The topological polar surface area (TPSA) is 35.6 Å². The van der Waals surface area contributed by atoms with Gasteiger partial charge in [0.05, 0.1) is 4.55 Å². The number of carbonyl (C=O) groups is 1. The molecule has 4 nitrogen and oxygen atoms in total. The van der Waals surface area contributed by atoms with E-state index in [1.807, 2.05) is 11.0 Å². The Balaban J connectivity index is 1.09. The van der Waals surface area contributed by atoms with Crippen LogP contribution in [-0.2, 0) is 0 Å². The maximum atomic E-state index is 13.1. The van der Waals surface area contributed by atoms with Crippen LogP contribution in [0, 0.1) is 17.3 Å². The van der Waals surface area contributed by atoms with Crippen molar-refractivity contribution in [3.8, 4) is 10.4 Å². The number of rotatable bonds is 7. The van der Waals surface area contributed by atoms with E-state index >= 15 is 0 Å². The van der Waals surface area contributed by atoms with Crippen molar-refractivity contribution >= 4 is 45.0 Å². The van der Waals surface area contributed by atoms with Crippen molar-refractivity contribution < 1.29 is 4.79 Å². The summed E-state index contributed by atoms with van der Waals surface area (Å²) in [6.45, 7) is 8.25. The lowest BCUT2D eigenvalue weighted by Gasteiger charge is -2.56. The second-order valence-electron chi connectivity index (χ2n) is 10.7. The number of alkyl halides is 1. The largest absolute Gasteiger partial charge is 0.335 e. The molecule has 1 aliphatic heterocycles. The average Bonchev–Trinajstić information content (AvgIpc) is 3.34. The Morgan fingerprint density at radius 3 is 2.62 bits per heavy atom. The number of likely N-dealkylation sites (tertiary alicyclic amines) is 1. The van der Waals surface area contributed by atoms with Crippen LogP contribution in [0.1, 0.15) is 46.0 Å². The smallest absolute Gasteiger partial charge is 0.323 e. The molecule has 2 bridgehead atoms. The molecule has 0 spiro atoms. The third-order valence-electron chi connectivity index (χ3n) is 8.50. The van der Waals surface area contributed by atoms with Crippen LogP contribution >= 0.6 is 33.9 Å². The second-order valence-corrected chi connectivity index (χ2v) is 12.4. The van der Waals surface area contributed by atoms with Crippen LogP contribution < -0.4 is 10.2 Å². The van der Waals surface area contributed by atoms with E-state index in [2.05, 4.69) is 89.1 Å². The Kier molecular flexibility index (Phi) is 7.38. The van der Waals surface area contributed by atoms with E-state index in [-0.39, 0.29) is 12.1 Å². The van der Waals surface area contributed by atoms with E-state index in [1.54, 1.807) is 16.9 Å². The van der Waals surface area contributed by atoms with Crippen LogP contribution in [0.15, 0.2) is 54.1 Å². The van der Waals surface area contributed by atoms with Gasteiger partial charge in [-0.3, -0.25) is 4.90 Å². The summed E-state index contributed by atoms with van der Waals surface area (Å²) in [5.74, 6) is 1.74. The van der Waals surface area contributed by atoms with Gasteiger partial charge in [0.15, 0.2) is 0 Å². The normalized spacial score (nSPS) is 24.3. The molecule has 2 fully saturated rings. The summed E-state index contributed by atoms with van der Waals surface area (Å²) in [6.07, 6.45) is 8.55. The molecule has 6 rings (SSSR count). The van der Waals surface area contributed by atoms with Gasteiger partial charge in [0.25, 0.3) is 0 Å². The summed E-state index contributed by atoms with van der Waals surface area (Å²) >= 11 is 3.97. The minimum absolute atomic E-state index is 0.0310. The summed E-state index contributed by atoms with van der Waals surface area (Å²) in [5, 5.41) is 4.32. The van der Waals surface area contributed by atoms with Crippen molar-refractivity contribution in [2.45, 2.75) is 52.0 Å². The summed E-state index contributed by atoms with van der Waals surface area (Å²) in [5.41, 5.74) is 3.44. The Bertz CT molecular complexity index is 1030. The van der Waals surface area contributed by atoms with Crippen LogP contribution in [-0.4, -0.2) is 41.2 Å². The average molecular weight is 590 g/mol. The van der Waals surface area contributed by atoms with Gasteiger partial charge >= 0.3 is 6.03 Å². The molecule has 182 valence electrons. The predicted octanol–water partition coefficient (Wildman–Crippen LogP) is 7.17. The highest BCUT2D eigenvalue weighted by Gasteiger charge is 2.50. The Morgan fingerprint density at radius 1 is 1.18 bits per heavy atom. The number of urea groups is 1. The number of fused-ring (bicyclic) bond motifs is 1. The first-order chi connectivity index (χ1) is 16.5. The van der Waals surface area contributed by atoms with Gasteiger partial charge in [-0.1, -0.05) is 78.4 Å². The van der Waals surface area contributed by atoms with Crippen LogP contribution in [0.5, 0.6) is 0 Å². The van der Waals surface area contributed by atoms with E-state index in [0.29, 0.717) is 9.97 Å². The molecule has 3 aliphatic carbocycles.